The molecule has 1 unspecified atom stereocenters. The molecule has 0 radical (unpaired) electrons. The molecule has 1 rings (SSSR count). The zero-order valence-corrected chi connectivity index (χ0v) is 9.50. The van der Waals surface area contributed by atoms with Crippen molar-refractivity contribution in [2.45, 2.75) is 26.1 Å². The molecule has 17 heavy (non-hydrogen) atoms. The number of rotatable bonds is 6. The molecule has 0 aliphatic rings. The molecule has 1 aromatic rings. The largest absolute Gasteiger partial charge is 0.487 e. The van der Waals surface area contributed by atoms with Crippen molar-refractivity contribution in [3.63, 3.8) is 0 Å². The van der Waals surface area contributed by atoms with Crippen molar-refractivity contribution in [2.24, 2.45) is 0 Å². The van der Waals surface area contributed by atoms with Crippen LogP contribution in [-0.4, -0.2) is 27.8 Å². The van der Waals surface area contributed by atoms with E-state index in [4.69, 9.17) is 14.9 Å². The summed E-state index contributed by atoms with van der Waals surface area (Å²) in [5.74, 6) is 0.113. The van der Waals surface area contributed by atoms with E-state index in [2.05, 4.69) is 0 Å². The molecule has 0 saturated carbocycles. The molecule has 0 aromatic heterocycles. The van der Waals surface area contributed by atoms with Crippen molar-refractivity contribution in [1.29, 1.82) is 0 Å². The number of aliphatic hydroxyl groups is 2. The molecule has 6 nitrogen and oxygen atoms in total. The molecule has 0 heterocycles. The summed E-state index contributed by atoms with van der Waals surface area (Å²) >= 11 is 0. The van der Waals surface area contributed by atoms with Gasteiger partial charge in [0, 0.05) is 12.5 Å². The Bertz CT molecular complexity index is 391. The molecule has 0 amide bonds. The molecule has 0 saturated heterocycles. The lowest BCUT2D eigenvalue weighted by molar-refractivity contribution is -0.385. The van der Waals surface area contributed by atoms with Crippen molar-refractivity contribution in [2.75, 3.05) is 6.61 Å². The number of aliphatic hydroxyl groups excluding tert-OH is 2. The Labute approximate surface area is 98.6 Å². The average molecular weight is 241 g/mol. The lowest BCUT2D eigenvalue weighted by Crippen LogP contribution is -2.08. The number of nitro groups is 1. The van der Waals surface area contributed by atoms with Crippen molar-refractivity contribution in [1.82, 2.24) is 0 Å². The Morgan fingerprint density at radius 3 is 2.76 bits per heavy atom. The number of ether oxygens (including phenoxy) is 1. The summed E-state index contributed by atoms with van der Waals surface area (Å²) < 4.78 is 5.24. The van der Waals surface area contributed by atoms with Gasteiger partial charge in [0.05, 0.1) is 24.2 Å². The quantitative estimate of drug-likeness (QED) is 0.577. The first-order valence-electron chi connectivity index (χ1n) is 5.23. The Morgan fingerprint density at radius 1 is 1.53 bits per heavy atom. The van der Waals surface area contributed by atoms with Gasteiger partial charge in [-0.1, -0.05) is 0 Å². The van der Waals surface area contributed by atoms with E-state index in [9.17, 15) is 10.1 Å². The van der Waals surface area contributed by atoms with E-state index in [1.54, 1.807) is 6.92 Å². The lowest BCUT2D eigenvalue weighted by Gasteiger charge is -2.09. The Morgan fingerprint density at radius 2 is 2.24 bits per heavy atom. The van der Waals surface area contributed by atoms with Gasteiger partial charge in [-0.15, -0.1) is 0 Å². The first kappa shape index (κ1) is 13.4. The van der Waals surface area contributed by atoms with E-state index in [0.29, 0.717) is 12.0 Å². The van der Waals surface area contributed by atoms with Crippen LogP contribution in [0.4, 0.5) is 5.69 Å². The standard InChI is InChI=1S/C11H15NO5/c1-8(14)4-5-17-11-6-9(7-13)2-3-10(11)12(15)16/h2-3,6,8,13-14H,4-5,7H2,1H3. The summed E-state index contributed by atoms with van der Waals surface area (Å²) in [5, 5.41) is 28.7. The summed E-state index contributed by atoms with van der Waals surface area (Å²) in [5.41, 5.74) is 0.399. The van der Waals surface area contributed by atoms with Gasteiger partial charge in [0.15, 0.2) is 5.75 Å². The Balaban J connectivity index is 2.82. The van der Waals surface area contributed by atoms with Crippen LogP contribution in [0.25, 0.3) is 0 Å². The monoisotopic (exact) mass is 241 g/mol. The summed E-state index contributed by atoms with van der Waals surface area (Å²) in [6, 6.07) is 4.20. The van der Waals surface area contributed by atoms with E-state index in [1.807, 2.05) is 0 Å². The molecule has 0 aliphatic heterocycles. The highest BCUT2D eigenvalue weighted by Crippen LogP contribution is 2.28. The molecule has 6 heteroatoms. The van der Waals surface area contributed by atoms with Crippen molar-refractivity contribution < 1.29 is 19.9 Å². The van der Waals surface area contributed by atoms with Crippen LogP contribution in [0.3, 0.4) is 0 Å². The molecule has 1 aromatic carbocycles. The van der Waals surface area contributed by atoms with E-state index in [1.165, 1.54) is 18.2 Å². The van der Waals surface area contributed by atoms with Gasteiger partial charge in [-0.2, -0.15) is 0 Å². The molecular formula is C11H15NO5. The second-order valence-electron chi connectivity index (χ2n) is 3.70. The topological polar surface area (TPSA) is 92.8 Å². The van der Waals surface area contributed by atoms with Crippen molar-refractivity contribution >= 4 is 5.69 Å². The Kier molecular flexibility index (Phi) is 4.86. The number of benzene rings is 1. The fraction of sp³-hybridized carbons (Fsp3) is 0.455. The Hall–Kier alpha value is -1.66. The van der Waals surface area contributed by atoms with Crippen molar-refractivity contribution in [3.8, 4) is 5.75 Å². The maximum absolute atomic E-state index is 10.7. The van der Waals surface area contributed by atoms with Gasteiger partial charge >= 0.3 is 5.69 Å². The molecule has 0 aliphatic carbocycles. The molecule has 1 atom stereocenters. The van der Waals surface area contributed by atoms with E-state index in [-0.39, 0.29) is 24.7 Å². The van der Waals surface area contributed by atoms with E-state index in [0.717, 1.165) is 0 Å². The predicted octanol–water partition coefficient (Wildman–Crippen LogP) is 1.24. The van der Waals surface area contributed by atoms with Gasteiger partial charge in [-0.25, -0.2) is 0 Å². The second kappa shape index (κ2) is 6.17. The van der Waals surface area contributed by atoms with Crippen LogP contribution in [0.1, 0.15) is 18.9 Å². The summed E-state index contributed by atoms with van der Waals surface area (Å²) in [6.45, 7) is 1.60. The van der Waals surface area contributed by atoms with Crippen LogP contribution >= 0.6 is 0 Å². The maximum atomic E-state index is 10.7. The fourth-order valence-corrected chi connectivity index (χ4v) is 1.26. The zero-order chi connectivity index (χ0) is 12.8. The minimum absolute atomic E-state index is 0.113. The van der Waals surface area contributed by atoms with Gasteiger partial charge in [-0.3, -0.25) is 10.1 Å². The SMILES string of the molecule is CC(O)CCOc1cc(CO)ccc1[N+](=O)[O-]. The molecule has 0 bridgehead atoms. The third-order valence-electron chi connectivity index (χ3n) is 2.20. The maximum Gasteiger partial charge on any atom is 0.310 e. The average Bonchev–Trinajstić information content (AvgIpc) is 2.28. The van der Waals surface area contributed by atoms with Crippen LogP contribution < -0.4 is 4.74 Å². The van der Waals surface area contributed by atoms with Crippen LogP contribution in [-0.2, 0) is 6.61 Å². The number of nitro benzene ring substituents is 1. The highest BCUT2D eigenvalue weighted by molar-refractivity contribution is 5.48. The van der Waals surface area contributed by atoms with Crippen molar-refractivity contribution in [3.05, 3.63) is 33.9 Å². The second-order valence-corrected chi connectivity index (χ2v) is 3.70. The van der Waals surface area contributed by atoms with Crippen LogP contribution in [0.5, 0.6) is 5.75 Å². The van der Waals surface area contributed by atoms with E-state index < -0.39 is 11.0 Å². The van der Waals surface area contributed by atoms with Gasteiger partial charge in [0.1, 0.15) is 0 Å². The van der Waals surface area contributed by atoms with Gasteiger partial charge in [0.2, 0.25) is 0 Å². The molecule has 2 N–H and O–H groups in total. The van der Waals surface area contributed by atoms with E-state index >= 15 is 0 Å². The first-order chi connectivity index (χ1) is 8.04. The first-order valence-corrected chi connectivity index (χ1v) is 5.23. The third-order valence-corrected chi connectivity index (χ3v) is 2.20. The number of nitrogens with zero attached hydrogens (tertiary/aromatic N) is 1. The van der Waals surface area contributed by atoms with Crippen LogP contribution in [0.15, 0.2) is 18.2 Å². The zero-order valence-electron chi connectivity index (χ0n) is 9.50. The number of hydrogen-bond donors (Lipinski definition) is 2. The molecular weight excluding hydrogens is 226 g/mol. The summed E-state index contributed by atoms with van der Waals surface area (Å²) in [4.78, 5) is 10.2. The highest BCUT2D eigenvalue weighted by Gasteiger charge is 2.15. The van der Waals surface area contributed by atoms with Gasteiger partial charge in [-0.05, 0) is 24.6 Å². The normalized spacial score (nSPS) is 12.2. The minimum atomic E-state index is -0.543. The third kappa shape index (κ3) is 4.01. The summed E-state index contributed by atoms with van der Waals surface area (Å²) in [7, 11) is 0. The van der Waals surface area contributed by atoms with Gasteiger partial charge in [0.25, 0.3) is 0 Å². The van der Waals surface area contributed by atoms with Crippen LogP contribution in [0, 0.1) is 10.1 Å². The minimum Gasteiger partial charge on any atom is -0.487 e. The molecule has 0 fully saturated rings. The molecule has 94 valence electrons. The lowest BCUT2D eigenvalue weighted by atomic mass is 10.2. The van der Waals surface area contributed by atoms with Crippen LogP contribution in [0.2, 0.25) is 0 Å². The smallest absolute Gasteiger partial charge is 0.310 e. The fourth-order valence-electron chi connectivity index (χ4n) is 1.26. The molecule has 0 spiro atoms. The number of hydrogen-bond acceptors (Lipinski definition) is 5. The predicted molar refractivity (Wildman–Crippen MR) is 60.8 cm³/mol. The van der Waals surface area contributed by atoms with Gasteiger partial charge < -0.3 is 14.9 Å². The summed E-state index contributed by atoms with van der Waals surface area (Å²) in [6.07, 6.45) is -0.129. The highest BCUT2D eigenvalue weighted by atomic mass is 16.6.